The van der Waals surface area contributed by atoms with Crippen molar-refractivity contribution < 1.29 is 24.1 Å². The number of benzene rings is 1. The Kier molecular flexibility index (Phi) is 3.75. The molecule has 0 saturated heterocycles. The molecule has 5 heteroatoms. The molecule has 19 heavy (non-hydrogen) atoms. The highest BCUT2D eigenvalue weighted by Crippen LogP contribution is 2.39. The molecule has 1 aromatic rings. The zero-order valence-corrected chi connectivity index (χ0v) is 10.5. The lowest BCUT2D eigenvalue weighted by atomic mass is 10.1. The van der Waals surface area contributed by atoms with Gasteiger partial charge in [0.05, 0.1) is 0 Å². The third kappa shape index (κ3) is 3.07. The summed E-state index contributed by atoms with van der Waals surface area (Å²) in [6, 6.07) is 3.37. The van der Waals surface area contributed by atoms with E-state index in [0.717, 1.165) is 6.08 Å². The fourth-order valence-electron chi connectivity index (χ4n) is 1.58. The molecule has 0 amide bonds. The Morgan fingerprint density at radius 3 is 2.79 bits per heavy atom. The van der Waals surface area contributed by atoms with E-state index in [1.54, 1.807) is 18.2 Å². The lowest BCUT2D eigenvalue weighted by Gasteiger charge is -2.13. The number of hydrogen-bond donors (Lipinski definition) is 1. The molecule has 0 spiro atoms. The highest BCUT2D eigenvalue weighted by molar-refractivity contribution is 5.86. The summed E-state index contributed by atoms with van der Waals surface area (Å²) in [5, 5.41) is 8.69. The summed E-state index contributed by atoms with van der Waals surface area (Å²) in [4.78, 5) is 10.6. The topological polar surface area (TPSA) is 65.0 Å². The van der Waals surface area contributed by atoms with Crippen LogP contribution in [0.1, 0.15) is 12.5 Å². The molecular formula is C14H14O5. The number of rotatable bonds is 5. The summed E-state index contributed by atoms with van der Waals surface area (Å²) in [6.45, 7) is 5.63. The molecule has 1 aromatic carbocycles. The summed E-state index contributed by atoms with van der Waals surface area (Å²) in [7, 11) is 0. The van der Waals surface area contributed by atoms with Crippen molar-refractivity contribution in [2.45, 2.75) is 13.0 Å². The normalized spacial score (nSPS) is 14.4. The van der Waals surface area contributed by atoms with Crippen molar-refractivity contribution in [2.24, 2.45) is 0 Å². The number of fused-ring (bicyclic) bond motifs is 1. The van der Waals surface area contributed by atoms with Crippen LogP contribution in [-0.2, 0) is 4.79 Å². The number of aliphatic carboxylic acids is 1. The first-order valence-corrected chi connectivity index (χ1v) is 5.74. The molecule has 1 aliphatic heterocycles. The van der Waals surface area contributed by atoms with Gasteiger partial charge < -0.3 is 19.3 Å². The summed E-state index contributed by atoms with van der Waals surface area (Å²) < 4.78 is 16.2. The first-order chi connectivity index (χ1) is 9.10. The van der Waals surface area contributed by atoms with Crippen LogP contribution in [-0.4, -0.2) is 24.0 Å². The van der Waals surface area contributed by atoms with Crippen LogP contribution in [0.25, 0.3) is 6.08 Å². The van der Waals surface area contributed by atoms with Gasteiger partial charge in [-0.1, -0.05) is 12.7 Å². The van der Waals surface area contributed by atoms with Gasteiger partial charge in [0.15, 0.2) is 11.5 Å². The third-order valence-electron chi connectivity index (χ3n) is 2.56. The number of carboxylic acids is 1. The smallest absolute Gasteiger partial charge is 0.328 e. The van der Waals surface area contributed by atoms with E-state index in [9.17, 15) is 4.79 Å². The van der Waals surface area contributed by atoms with Gasteiger partial charge in [0.25, 0.3) is 0 Å². The average Bonchev–Trinajstić information content (AvgIpc) is 2.82. The first-order valence-electron chi connectivity index (χ1n) is 5.74. The maximum atomic E-state index is 10.6. The second kappa shape index (κ2) is 5.48. The van der Waals surface area contributed by atoms with Crippen molar-refractivity contribution in [3.63, 3.8) is 0 Å². The summed E-state index contributed by atoms with van der Waals surface area (Å²) in [5.41, 5.74) is 0.611. The van der Waals surface area contributed by atoms with E-state index in [-0.39, 0.29) is 12.9 Å². The SMILES string of the molecule is C=CC(C)Oc1cc2c(cc1C=CC(=O)O)OCO2. The fourth-order valence-corrected chi connectivity index (χ4v) is 1.58. The van der Waals surface area contributed by atoms with Crippen molar-refractivity contribution in [1.29, 1.82) is 0 Å². The van der Waals surface area contributed by atoms with Gasteiger partial charge in [-0.05, 0) is 19.1 Å². The molecule has 1 aliphatic rings. The molecule has 100 valence electrons. The van der Waals surface area contributed by atoms with Gasteiger partial charge in [-0.15, -0.1) is 0 Å². The zero-order valence-electron chi connectivity index (χ0n) is 10.5. The molecule has 0 fully saturated rings. The van der Waals surface area contributed by atoms with E-state index in [4.69, 9.17) is 19.3 Å². The van der Waals surface area contributed by atoms with E-state index in [0.29, 0.717) is 22.8 Å². The highest BCUT2D eigenvalue weighted by Gasteiger charge is 2.18. The van der Waals surface area contributed by atoms with E-state index in [2.05, 4.69) is 6.58 Å². The molecule has 1 N–H and O–H groups in total. The van der Waals surface area contributed by atoms with E-state index in [1.807, 2.05) is 6.92 Å². The van der Waals surface area contributed by atoms with Crippen molar-refractivity contribution in [2.75, 3.05) is 6.79 Å². The van der Waals surface area contributed by atoms with Gasteiger partial charge in [-0.25, -0.2) is 4.79 Å². The van der Waals surface area contributed by atoms with E-state index >= 15 is 0 Å². The molecular weight excluding hydrogens is 248 g/mol. The molecule has 0 saturated carbocycles. The van der Waals surface area contributed by atoms with Crippen molar-refractivity contribution in [3.05, 3.63) is 36.4 Å². The molecule has 1 atom stereocenters. The highest BCUT2D eigenvalue weighted by atomic mass is 16.7. The fraction of sp³-hybridized carbons (Fsp3) is 0.214. The van der Waals surface area contributed by atoms with Crippen LogP contribution in [0.15, 0.2) is 30.9 Å². The number of carboxylic acid groups (broad SMARTS) is 1. The summed E-state index contributed by atoms with van der Waals surface area (Å²) >= 11 is 0. The Balaban J connectivity index is 2.37. The van der Waals surface area contributed by atoms with Gasteiger partial charge in [-0.3, -0.25) is 0 Å². The Morgan fingerprint density at radius 2 is 2.16 bits per heavy atom. The van der Waals surface area contributed by atoms with Gasteiger partial charge >= 0.3 is 5.97 Å². The molecule has 0 bridgehead atoms. The monoisotopic (exact) mass is 262 g/mol. The van der Waals surface area contributed by atoms with Crippen LogP contribution in [0, 0.1) is 0 Å². The minimum atomic E-state index is -1.03. The van der Waals surface area contributed by atoms with Crippen molar-refractivity contribution in [3.8, 4) is 17.2 Å². The third-order valence-corrected chi connectivity index (χ3v) is 2.56. The lowest BCUT2D eigenvalue weighted by Crippen LogP contribution is -2.08. The molecule has 0 radical (unpaired) electrons. The zero-order chi connectivity index (χ0) is 13.8. The van der Waals surface area contributed by atoms with Crippen molar-refractivity contribution >= 4 is 12.0 Å². The molecule has 0 aliphatic carbocycles. The largest absolute Gasteiger partial charge is 0.486 e. The van der Waals surface area contributed by atoms with Crippen LogP contribution < -0.4 is 14.2 Å². The maximum absolute atomic E-state index is 10.6. The standard InChI is InChI=1S/C14H14O5/c1-3-9(2)19-11-7-13-12(17-8-18-13)6-10(11)4-5-14(15)16/h3-7,9H,1,8H2,2H3,(H,15,16). The molecule has 2 rings (SSSR count). The van der Waals surface area contributed by atoms with Crippen LogP contribution in [0.5, 0.6) is 17.2 Å². The first kappa shape index (κ1) is 13.0. The summed E-state index contributed by atoms with van der Waals surface area (Å²) in [5.74, 6) is 0.650. The number of ether oxygens (including phenoxy) is 3. The summed E-state index contributed by atoms with van der Waals surface area (Å²) in [6.07, 6.45) is 3.95. The van der Waals surface area contributed by atoms with E-state index in [1.165, 1.54) is 6.08 Å². The Bertz CT molecular complexity index is 533. The second-order valence-electron chi connectivity index (χ2n) is 3.97. The molecule has 1 heterocycles. The Morgan fingerprint density at radius 1 is 1.47 bits per heavy atom. The molecule has 1 unspecified atom stereocenters. The number of hydrogen-bond acceptors (Lipinski definition) is 4. The van der Waals surface area contributed by atoms with Crippen LogP contribution in [0.4, 0.5) is 0 Å². The Labute approximate surface area is 110 Å². The van der Waals surface area contributed by atoms with Gasteiger partial charge in [0.1, 0.15) is 11.9 Å². The van der Waals surface area contributed by atoms with Crippen LogP contribution in [0.2, 0.25) is 0 Å². The Hall–Kier alpha value is -2.43. The van der Waals surface area contributed by atoms with E-state index < -0.39 is 5.97 Å². The predicted octanol–water partition coefficient (Wildman–Crippen LogP) is 2.47. The predicted molar refractivity (Wildman–Crippen MR) is 69.5 cm³/mol. The maximum Gasteiger partial charge on any atom is 0.328 e. The molecule has 0 aromatic heterocycles. The number of carbonyl (C=O) groups is 1. The minimum absolute atomic E-state index is 0.151. The van der Waals surface area contributed by atoms with Crippen molar-refractivity contribution in [1.82, 2.24) is 0 Å². The van der Waals surface area contributed by atoms with Gasteiger partial charge in [-0.2, -0.15) is 0 Å². The van der Waals surface area contributed by atoms with Gasteiger partial charge in [0.2, 0.25) is 6.79 Å². The lowest BCUT2D eigenvalue weighted by molar-refractivity contribution is -0.131. The molecule has 5 nitrogen and oxygen atoms in total. The van der Waals surface area contributed by atoms with Crippen LogP contribution in [0.3, 0.4) is 0 Å². The average molecular weight is 262 g/mol. The van der Waals surface area contributed by atoms with Crippen LogP contribution >= 0.6 is 0 Å². The minimum Gasteiger partial charge on any atom is -0.486 e. The van der Waals surface area contributed by atoms with Gasteiger partial charge in [0, 0.05) is 17.7 Å². The quantitative estimate of drug-likeness (QED) is 0.652. The second-order valence-corrected chi connectivity index (χ2v) is 3.97.